The van der Waals surface area contributed by atoms with Crippen LogP contribution in [0.25, 0.3) is 39.0 Å². The van der Waals surface area contributed by atoms with E-state index in [4.69, 9.17) is 4.74 Å². The van der Waals surface area contributed by atoms with Gasteiger partial charge >= 0.3 is 0 Å². The van der Waals surface area contributed by atoms with Gasteiger partial charge in [-0.15, -0.1) is 5.10 Å². The highest BCUT2D eigenvalue weighted by molar-refractivity contribution is 5.83. The number of hydrogen-bond donors (Lipinski definition) is 1. The van der Waals surface area contributed by atoms with E-state index in [1.807, 2.05) is 79.7 Å². The Morgan fingerprint density at radius 2 is 1.63 bits per heavy atom. The zero-order chi connectivity index (χ0) is 23.8. The predicted molar refractivity (Wildman–Crippen MR) is 131 cm³/mol. The molecule has 35 heavy (non-hydrogen) atoms. The summed E-state index contributed by atoms with van der Waals surface area (Å²) in [4.78, 5) is 7.57. The monoisotopic (exact) mass is 462 g/mol. The van der Waals surface area contributed by atoms with Crippen molar-refractivity contribution < 1.29 is 9.13 Å². The number of hydrogen-bond acceptors (Lipinski definition) is 5. The first-order chi connectivity index (χ1) is 17.1. The van der Waals surface area contributed by atoms with Crippen LogP contribution in [0.1, 0.15) is 5.56 Å². The molecule has 2 heterocycles. The number of aromatic nitrogens is 6. The molecule has 0 aliphatic rings. The lowest BCUT2D eigenvalue weighted by atomic mass is 10.00. The second-order valence-corrected chi connectivity index (χ2v) is 8.14. The summed E-state index contributed by atoms with van der Waals surface area (Å²) >= 11 is 0. The maximum Gasteiger partial charge on any atom is 0.300 e. The molecule has 0 aliphatic heterocycles. The number of halogens is 1. The van der Waals surface area contributed by atoms with Crippen LogP contribution in [-0.2, 0) is 0 Å². The first-order valence-corrected chi connectivity index (χ1v) is 11.0. The summed E-state index contributed by atoms with van der Waals surface area (Å²) in [6, 6.07) is 26.9. The summed E-state index contributed by atoms with van der Waals surface area (Å²) in [5.74, 6) is 0.216. The van der Waals surface area contributed by atoms with Gasteiger partial charge in [0.25, 0.3) is 6.01 Å². The average Bonchev–Trinajstić information content (AvgIpc) is 3.55. The number of aryl methyl sites for hydroxylation is 1. The molecule has 0 unspecified atom stereocenters. The first-order valence-electron chi connectivity index (χ1n) is 11.0. The largest absolute Gasteiger partial charge is 0.426 e. The Morgan fingerprint density at radius 3 is 2.40 bits per heavy atom. The van der Waals surface area contributed by atoms with E-state index in [-0.39, 0.29) is 11.8 Å². The summed E-state index contributed by atoms with van der Waals surface area (Å²) in [7, 11) is 0. The maximum atomic E-state index is 15.0. The van der Waals surface area contributed by atoms with Crippen molar-refractivity contribution in [1.29, 1.82) is 0 Å². The number of H-pyrrole nitrogens is 1. The number of fused-ring (bicyclic) bond motifs is 1. The molecule has 0 saturated heterocycles. The van der Waals surface area contributed by atoms with Gasteiger partial charge in [0.15, 0.2) is 0 Å². The number of imidazole rings is 1. The molecule has 7 nitrogen and oxygen atoms in total. The van der Waals surface area contributed by atoms with Gasteiger partial charge in [0.1, 0.15) is 17.9 Å². The van der Waals surface area contributed by atoms with Crippen molar-refractivity contribution in [3.8, 4) is 39.7 Å². The third-order valence-electron chi connectivity index (χ3n) is 5.84. The Labute approximate surface area is 199 Å². The van der Waals surface area contributed by atoms with Crippen LogP contribution >= 0.6 is 0 Å². The Kier molecular flexibility index (Phi) is 5.03. The number of rotatable bonds is 5. The zero-order valence-electron chi connectivity index (χ0n) is 18.7. The fourth-order valence-electron chi connectivity index (χ4n) is 4.03. The van der Waals surface area contributed by atoms with Gasteiger partial charge in [0.2, 0.25) is 0 Å². The molecule has 2 aromatic heterocycles. The molecule has 0 spiro atoms. The SMILES string of the molecule is Cc1ccc(Oc2nc3cc(-c4ccc(-c5ccccc5)cc4)c(F)cc3[nH]2)cc1-n1cnnn1. The van der Waals surface area contributed by atoms with Crippen molar-refractivity contribution in [2.45, 2.75) is 6.92 Å². The van der Waals surface area contributed by atoms with Gasteiger partial charge < -0.3 is 9.72 Å². The summed E-state index contributed by atoms with van der Waals surface area (Å²) in [5, 5.41) is 11.3. The molecular weight excluding hydrogens is 443 g/mol. The molecule has 0 aliphatic carbocycles. The number of aromatic amines is 1. The Bertz CT molecular complexity index is 1630. The fourth-order valence-corrected chi connectivity index (χ4v) is 4.03. The maximum absolute atomic E-state index is 15.0. The van der Waals surface area contributed by atoms with E-state index in [9.17, 15) is 0 Å². The molecule has 0 saturated carbocycles. The normalized spacial score (nSPS) is 11.1. The van der Waals surface area contributed by atoms with E-state index in [1.54, 1.807) is 10.7 Å². The van der Waals surface area contributed by atoms with Crippen molar-refractivity contribution in [2.24, 2.45) is 0 Å². The predicted octanol–water partition coefficient (Wildman–Crippen LogP) is 6.11. The molecule has 170 valence electrons. The molecule has 4 aromatic carbocycles. The quantitative estimate of drug-likeness (QED) is 0.334. The van der Waals surface area contributed by atoms with E-state index in [0.717, 1.165) is 27.9 Å². The van der Waals surface area contributed by atoms with Crippen molar-refractivity contribution in [3.63, 3.8) is 0 Å². The van der Waals surface area contributed by atoms with Gasteiger partial charge in [0.05, 0.1) is 16.7 Å². The van der Waals surface area contributed by atoms with Crippen LogP contribution in [0.15, 0.2) is 91.3 Å². The molecular formula is C27H19FN6O. The fraction of sp³-hybridized carbons (Fsp3) is 0.0370. The van der Waals surface area contributed by atoms with Crippen LogP contribution in [0.2, 0.25) is 0 Å². The molecule has 0 amide bonds. The van der Waals surface area contributed by atoms with Crippen molar-refractivity contribution in [2.75, 3.05) is 0 Å². The van der Waals surface area contributed by atoms with Crippen molar-refractivity contribution in [3.05, 3.63) is 103 Å². The van der Waals surface area contributed by atoms with Crippen LogP contribution < -0.4 is 4.74 Å². The van der Waals surface area contributed by atoms with Gasteiger partial charge in [-0.25, -0.2) is 9.07 Å². The van der Waals surface area contributed by atoms with E-state index < -0.39 is 0 Å². The summed E-state index contributed by atoms with van der Waals surface area (Å²) in [6.45, 7) is 1.96. The lowest BCUT2D eigenvalue weighted by molar-refractivity contribution is 0.449. The summed E-state index contributed by atoms with van der Waals surface area (Å²) in [5.41, 5.74) is 6.38. The Morgan fingerprint density at radius 1 is 0.857 bits per heavy atom. The van der Waals surface area contributed by atoms with E-state index >= 15 is 4.39 Å². The molecule has 6 rings (SSSR count). The van der Waals surface area contributed by atoms with Crippen molar-refractivity contribution >= 4 is 11.0 Å². The minimum Gasteiger partial charge on any atom is -0.426 e. The summed E-state index contributed by atoms with van der Waals surface area (Å²) in [6.07, 6.45) is 1.52. The van der Waals surface area contributed by atoms with Crippen LogP contribution in [0.5, 0.6) is 11.8 Å². The second kappa shape index (κ2) is 8.49. The standard InChI is InChI=1S/C27H19FN6O/c1-17-7-12-21(13-26(17)34-16-29-32-33-34)35-27-30-24-14-22(23(28)15-25(24)31-27)20-10-8-19(9-11-20)18-5-3-2-4-6-18/h2-16H,1H3,(H,30,31). The van der Waals surface area contributed by atoms with E-state index in [2.05, 4.69) is 25.5 Å². The number of ether oxygens (including phenoxy) is 1. The van der Waals surface area contributed by atoms with Crippen LogP contribution in [0, 0.1) is 12.7 Å². The smallest absolute Gasteiger partial charge is 0.300 e. The van der Waals surface area contributed by atoms with Gasteiger partial charge in [-0.2, -0.15) is 4.98 Å². The Balaban J connectivity index is 1.30. The lowest BCUT2D eigenvalue weighted by Gasteiger charge is -2.07. The van der Waals surface area contributed by atoms with E-state index in [1.165, 1.54) is 12.4 Å². The van der Waals surface area contributed by atoms with Crippen LogP contribution in [0.4, 0.5) is 4.39 Å². The number of nitrogens with zero attached hydrogens (tertiary/aromatic N) is 5. The summed E-state index contributed by atoms with van der Waals surface area (Å²) < 4.78 is 22.5. The van der Waals surface area contributed by atoms with Crippen LogP contribution in [-0.4, -0.2) is 30.2 Å². The number of nitrogens with one attached hydrogen (secondary N) is 1. The molecule has 0 fully saturated rings. The highest BCUT2D eigenvalue weighted by Gasteiger charge is 2.13. The third kappa shape index (κ3) is 4.02. The Hall–Kier alpha value is -4.85. The highest BCUT2D eigenvalue weighted by atomic mass is 19.1. The van der Waals surface area contributed by atoms with Crippen molar-refractivity contribution in [1.82, 2.24) is 30.2 Å². The second-order valence-electron chi connectivity index (χ2n) is 8.14. The average molecular weight is 462 g/mol. The minimum atomic E-state index is -0.337. The van der Waals surface area contributed by atoms with Gasteiger partial charge in [-0.3, -0.25) is 0 Å². The molecule has 8 heteroatoms. The minimum absolute atomic E-state index is 0.266. The molecule has 6 aromatic rings. The third-order valence-corrected chi connectivity index (χ3v) is 5.84. The zero-order valence-corrected chi connectivity index (χ0v) is 18.7. The van der Waals surface area contributed by atoms with Gasteiger partial charge in [0, 0.05) is 17.7 Å². The first kappa shape index (κ1) is 20.7. The van der Waals surface area contributed by atoms with Crippen LogP contribution in [0.3, 0.4) is 0 Å². The molecule has 0 bridgehead atoms. The van der Waals surface area contributed by atoms with Gasteiger partial charge in [-0.05, 0) is 51.7 Å². The van der Waals surface area contributed by atoms with E-state index in [0.29, 0.717) is 22.3 Å². The molecule has 0 radical (unpaired) electrons. The number of tetrazole rings is 1. The highest BCUT2D eigenvalue weighted by Crippen LogP contribution is 2.31. The van der Waals surface area contributed by atoms with Gasteiger partial charge in [-0.1, -0.05) is 60.7 Å². The lowest BCUT2D eigenvalue weighted by Crippen LogP contribution is -1.99. The molecule has 1 N–H and O–H groups in total. The topological polar surface area (TPSA) is 81.5 Å². The number of benzene rings is 4. The molecule has 0 atom stereocenters.